The third kappa shape index (κ3) is 3.76. The molecule has 6 nitrogen and oxygen atoms in total. The summed E-state index contributed by atoms with van der Waals surface area (Å²) < 4.78 is 4.81. The average Bonchev–Trinajstić information content (AvgIpc) is 2.69. The standard InChI is InChI=1S/C11H15NO5S/c1-2-3-17-11(16)12-6-7(5-9(13)18)4-8(12)10(14)15/h2,7-8H,1,3-6H2,(H,13,18)(H,14,15)/t7-,8-/m0/s1. The van der Waals surface area contributed by atoms with Crippen molar-refractivity contribution in [1.82, 2.24) is 4.90 Å². The molecule has 2 atom stereocenters. The number of carboxylic acid groups (broad SMARTS) is 1. The van der Waals surface area contributed by atoms with Gasteiger partial charge in [-0.2, -0.15) is 0 Å². The Labute approximate surface area is 110 Å². The summed E-state index contributed by atoms with van der Waals surface area (Å²) in [5, 5.41) is 8.72. The molecule has 0 aromatic rings. The number of aliphatic carboxylic acids is 1. The smallest absolute Gasteiger partial charge is 0.410 e. The first-order valence-electron chi connectivity index (χ1n) is 5.44. The molecule has 0 aliphatic carbocycles. The summed E-state index contributed by atoms with van der Waals surface area (Å²) in [6, 6.07) is -0.944. The number of ether oxygens (including phenoxy) is 1. The molecule has 1 N–H and O–H groups in total. The molecule has 1 aliphatic heterocycles. The van der Waals surface area contributed by atoms with Gasteiger partial charge in [0.15, 0.2) is 5.12 Å². The Balaban J connectivity index is 2.68. The second-order valence-electron chi connectivity index (χ2n) is 4.07. The fraction of sp³-hybridized carbons (Fsp3) is 0.545. The summed E-state index contributed by atoms with van der Waals surface area (Å²) >= 11 is 3.66. The summed E-state index contributed by atoms with van der Waals surface area (Å²) in [7, 11) is 0. The molecular weight excluding hydrogens is 258 g/mol. The van der Waals surface area contributed by atoms with Crippen molar-refractivity contribution in [2.45, 2.75) is 18.9 Å². The lowest BCUT2D eigenvalue weighted by molar-refractivity contribution is -0.141. The number of hydrogen-bond donors (Lipinski definition) is 2. The van der Waals surface area contributed by atoms with Crippen LogP contribution in [0.25, 0.3) is 0 Å². The number of nitrogens with zero attached hydrogens (tertiary/aromatic N) is 1. The van der Waals surface area contributed by atoms with E-state index in [2.05, 4.69) is 19.2 Å². The molecule has 0 saturated carbocycles. The molecule has 1 rings (SSSR count). The molecule has 1 saturated heterocycles. The predicted octanol–water partition coefficient (Wildman–Crippen LogP) is 0.931. The highest BCUT2D eigenvalue weighted by Crippen LogP contribution is 2.27. The molecule has 0 radical (unpaired) electrons. The number of carbonyl (C=O) groups excluding carboxylic acids is 2. The minimum Gasteiger partial charge on any atom is -0.480 e. The van der Waals surface area contributed by atoms with Gasteiger partial charge < -0.3 is 9.84 Å². The summed E-state index contributed by atoms with van der Waals surface area (Å²) in [5.41, 5.74) is 0. The first-order chi connectivity index (χ1) is 8.45. The number of carbonyl (C=O) groups is 3. The first kappa shape index (κ1) is 14.6. The summed E-state index contributed by atoms with van der Waals surface area (Å²) in [6.45, 7) is 3.62. The zero-order valence-corrected chi connectivity index (χ0v) is 10.6. The van der Waals surface area contributed by atoms with E-state index in [0.29, 0.717) is 0 Å². The predicted molar refractivity (Wildman–Crippen MR) is 66.4 cm³/mol. The topological polar surface area (TPSA) is 83.9 Å². The normalized spacial score (nSPS) is 22.6. The minimum absolute atomic E-state index is 0.0256. The van der Waals surface area contributed by atoms with Gasteiger partial charge in [0.1, 0.15) is 12.6 Å². The van der Waals surface area contributed by atoms with E-state index in [1.807, 2.05) is 0 Å². The number of hydrogen-bond acceptors (Lipinski definition) is 4. The van der Waals surface area contributed by atoms with Crippen LogP contribution in [0.1, 0.15) is 12.8 Å². The van der Waals surface area contributed by atoms with E-state index in [1.54, 1.807) is 0 Å². The van der Waals surface area contributed by atoms with Crippen LogP contribution in [0.15, 0.2) is 12.7 Å². The van der Waals surface area contributed by atoms with Gasteiger partial charge in [-0.3, -0.25) is 9.69 Å². The molecule has 100 valence electrons. The van der Waals surface area contributed by atoms with E-state index in [1.165, 1.54) is 6.08 Å². The zero-order chi connectivity index (χ0) is 13.7. The quantitative estimate of drug-likeness (QED) is 0.575. The lowest BCUT2D eigenvalue weighted by Crippen LogP contribution is -2.40. The molecule has 0 unspecified atom stereocenters. The van der Waals surface area contributed by atoms with E-state index < -0.39 is 18.1 Å². The Kier molecular flexibility index (Phi) is 5.21. The maximum Gasteiger partial charge on any atom is 0.410 e. The van der Waals surface area contributed by atoms with E-state index in [-0.39, 0.29) is 37.0 Å². The van der Waals surface area contributed by atoms with Gasteiger partial charge in [-0.15, -0.1) is 12.6 Å². The Hall–Kier alpha value is -1.50. The molecule has 0 spiro atoms. The van der Waals surface area contributed by atoms with Crippen molar-refractivity contribution in [3.8, 4) is 0 Å². The molecule has 1 heterocycles. The largest absolute Gasteiger partial charge is 0.480 e. The van der Waals surface area contributed by atoms with E-state index >= 15 is 0 Å². The van der Waals surface area contributed by atoms with Gasteiger partial charge in [0.05, 0.1) is 0 Å². The molecule has 0 bridgehead atoms. The lowest BCUT2D eigenvalue weighted by atomic mass is 10.0. The van der Waals surface area contributed by atoms with Crippen LogP contribution >= 0.6 is 12.6 Å². The highest BCUT2D eigenvalue weighted by atomic mass is 32.1. The van der Waals surface area contributed by atoms with Crippen molar-refractivity contribution in [1.29, 1.82) is 0 Å². The first-order valence-corrected chi connectivity index (χ1v) is 5.89. The fourth-order valence-electron chi connectivity index (χ4n) is 1.97. The molecule has 0 aromatic heterocycles. The van der Waals surface area contributed by atoms with Gasteiger partial charge in [-0.25, -0.2) is 9.59 Å². The van der Waals surface area contributed by atoms with E-state index in [9.17, 15) is 14.4 Å². The van der Waals surface area contributed by atoms with Crippen molar-refractivity contribution in [2.75, 3.05) is 13.2 Å². The van der Waals surface area contributed by atoms with Crippen LogP contribution in [0.3, 0.4) is 0 Å². The molecule has 1 fully saturated rings. The summed E-state index contributed by atoms with van der Waals surface area (Å²) in [4.78, 5) is 34.7. The van der Waals surface area contributed by atoms with Gasteiger partial charge >= 0.3 is 12.1 Å². The Bertz CT molecular complexity index is 370. The van der Waals surface area contributed by atoms with Crippen LogP contribution in [0.4, 0.5) is 4.79 Å². The van der Waals surface area contributed by atoms with Gasteiger partial charge in [-0.05, 0) is 12.3 Å². The van der Waals surface area contributed by atoms with Crippen LogP contribution in [-0.2, 0) is 14.3 Å². The SMILES string of the molecule is C=CCOC(=O)N1C[C@H](CC(=O)S)C[C@H]1C(=O)O. The molecule has 1 amide bonds. The van der Waals surface area contributed by atoms with Gasteiger partial charge in [0.25, 0.3) is 0 Å². The monoisotopic (exact) mass is 273 g/mol. The molecular formula is C11H15NO5S. The third-order valence-corrected chi connectivity index (χ3v) is 2.88. The Morgan fingerprint density at radius 2 is 2.17 bits per heavy atom. The summed E-state index contributed by atoms with van der Waals surface area (Å²) in [5.74, 6) is -1.29. The van der Waals surface area contributed by atoms with Crippen LogP contribution in [0, 0.1) is 5.92 Å². The third-order valence-electron chi connectivity index (χ3n) is 2.70. The van der Waals surface area contributed by atoms with Crippen LogP contribution in [-0.4, -0.2) is 46.4 Å². The Morgan fingerprint density at radius 3 is 2.67 bits per heavy atom. The van der Waals surface area contributed by atoms with Crippen molar-refractivity contribution in [3.05, 3.63) is 12.7 Å². The summed E-state index contributed by atoms with van der Waals surface area (Å²) in [6.07, 6.45) is 1.10. The highest BCUT2D eigenvalue weighted by molar-refractivity contribution is 7.96. The van der Waals surface area contributed by atoms with E-state index in [0.717, 1.165) is 4.90 Å². The Morgan fingerprint density at radius 1 is 1.50 bits per heavy atom. The van der Waals surface area contributed by atoms with Gasteiger partial charge in [0.2, 0.25) is 0 Å². The van der Waals surface area contributed by atoms with Crippen molar-refractivity contribution in [3.63, 3.8) is 0 Å². The highest BCUT2D eigenvalue weighted by Gasteiger charge is 2.40. The molecule has 0 aromatic carbocycles. The van der Waals surface area contributed by atoms with E-state index in [4.69, 9.17) is 9.84 Å². The molecule has 1 aliphatic rings. The van der Waals surface area contributed by atoms with Crippen molar-refractivity contribution >= 4 is 29.8 Å². The fourth-order valence-corrected chi connectivity index (χ4v) is 2.22. The second-order valence-corrected chi connectivity index (χ2v) is 4.57. The average molecular weight is 273 g/mol. The number of likely N-dealkylation sites (tertiary alicyclic amines) is 1. The zero-order valence-electron chi connectivity index (χ0n) is 9.74. The number of thiol groups is 1. The van der Waals surface area contributed by atoms with Crippen LogP contribution in [0.2, 0.25) is 0 Å². The molecule has 7 heteroatoms. The number of amides is 1. The van der Waals surface area contributed by atoms with Gasteiger partial charge in [0, 0.05) is 13.0 Å². The maximum absolute atomic E-state index is 11.6. The van der Waals surface area contributed by atoms with Gasteiger partial charge in [-0.1, -0.05) is 12.7 Å². The second kappa shape index (κ2) is 6.44. The maximum atomic E-state index is 11.6. The number of carboxylic acids is 1. The van der Waals surface area contributed by atoms with Crippen LogP contribution in [0.5, 0.6) is 0 Å². The van der Waals surface area contributed by atoms with Crippen LogP contribution < -0.4 is 0 Å². The lowest BCUT2D eigenvalue weighted by Gasteiger charge is -2.20. The number of rotatable bonds is 5. The van der Waals surface area contributed by atoms with Crippen molar-refractivity contribution < 1.29 is 24.2 Å². The minimum atomic E-state index is -1.10. The van der Waals surface area contributed by atoms with Crippen molar-refractivity contribution in [2.24, 2.45) is 5.92 Å². The molecule has 18 heavy (non-hydrogen) atoms.